The zero-order valence-corrected chi connectivity index (χ0v) is 19.3. The zero-order chi connectivity index (χ0) is 22.2. The molecule has 4 heteroatoms. The van der Waals surface area contributed by atoms with Crippen LogP contribution in [0.5, 0.6) is 11.5 Å². The minimum Gasteiger partial charge on any atom is -0.493 e. The molecule has 0 saturated carbocycles. The third-order valence-electron chi connectivity index (χ3n) is 5.89. The van der Waals surface area contributed by atoms with E-state index in [2.05, 4.69) is 44.3 Å². The second kappa shape index (κ2) is 11.0. The maximum absolute atomic E-state index is 12.7. The molecule has 2 aromatic carbocycles. The second-order valence-corrected chi connectivity index (χ2v) is 8.36. The van der Waals surface area contributed by atoms with Gasteiger partial charge in [-0.2, -0.15) is 0 Å². The molecule has 1 N–H and O–H groups in total. The summed E-state index contributed by atoms with van der Waals surface area (Å²) in [7, 11) is 0. The van der Waals surface area contributed by atoms with Crippen LogP contribution in [0.25, 0.3) is 0 Å². The predicted molar refractivity (Wildman–Crippen MR) is 126 cm³/mol. The summed E-state index contributed by atoms with van der Waals surface area (Å²) in [5.74, 6) is 1.58. The molecule has 0 unspecified atom stereocenters. The van der Waals surface area contributed by atoms with Gasteiger partial charge in [0.25, 0.3) is 5.91 Å². The molecule has 0 aliphatic heterocycles. The predicted octanol–water partition coefficient (Wildman–Crippen LogP) is 6.21. The van der Waals surface area contributed by atoms with Crippen LogP contribution in [0.3, 0.4) is 0 Å². The van der Waals surface area contributed by atoms with Crippen molar-refractivity contribution >= 4 is 5.91 Å². The number of allylic oxidation sites excluding steroid dienone is 1. The number of rotatable bonds is 9. The van der Waals surface area contributed by atoms with Crippen molar-refractivity contribution in [2.24, 2.45) is 0 Å². The molecular formula is C27H35NO3. The van der Waals surface area contributed by atoms with E-state index in [4.69, 9.17) is 9.47 Å². The van der Waals surface area contributed by atoms with E-state index in [1.54, 1.807) is 0 Å². The Balaban J connectivity index is 1.68. The molecular weight excluding hydrogens is 386 g/mol. The van der Waals surface area contributed by atoms with Gasteiger partial charge in [-0.05, 0) is 101 Å². The molecule has 0 aromatic heterocycles. The van der Waals surface area contributed by atoms with Crippen LogP contribution in [0.4, 0.5) is 0 Å². The Morgan fingerprint density at radius 3 is 2.61 bits per heavy atom. The minimum absolute atomic E-state index is 0.0525. The van der Waals surface area contributed by atoms with Crippen LogP contribution in [0.2, 0.25) is 0 Å². The van der Waals surface area contributed by atoms with Crippen molar-refractivity contribution in [2.75, 3.05) is 13.2 Å². The van der Waals surface area contributed by atoms with E-state index in [0.717, 1.165) is 35.5 Å². The molecule has 166 valence electrons. The smallest absolute Gasteiger partial charge is 0.251 e. The number of hydrogen-bond donors (Lipinski definition) is 1. The number of carbonyl (C=O) groups is 1. The summed E-state index contributed by atoms with van der Waals surface area (Å²) in [4.78, 5) is 12.7. The molecule has 0 spiro atoms. The van der Waals surface area contributed by atoms with Gasteiger partial charge >= 0.3 is 0 Å². The van der Waals surface area contributed by atoms with Gasteiger partial charge in [0.1, 0.15) is 18.1 Å². The quantitative estimate of drug-likeness (QED) is 0.490. The summed E-state index contributed by atoms with van der Waals surface area (Å²) in [5.41, 5.74) is 6.50. The number of aryl methyl sites for hydroxylation is 2. The molecule has 31 heavy (non-hydrogen) atoms. The van der Waals surface area contributed by atoms with Gasteiger partial charge in [0.15, 0.2) is 0 Å². The van der Waals surface area contributed by atoms with Crippen molar-refractivity contribution in [3.8, 4) is 11.5 Å². The van der Waals surface area contributed by atoms with Gasteiger partial charge in [-0.1, -0.05) is 17.7 Å². The highest BCUT2D eigenvalue weighted by atomic mass is 16.5. The highest BCUT2D eigenvalue weighted by Gasteiger charge is 2.13. The Bertz CT molecular complexity index is 946. The van der Waals surface area contributed by atoms with Crippen molar-refractivity contribution in [2.45, 2.75) is 66.4 Å². The molecule has 0 radical (unpaired) electrons. The molecule has 1 aliphatic carbocycles. The Morgan fingerprint density at radius 2 is 1.87 bits per heavy atom. The second-order valence-electron chi connectivity index (χ2n) is 8.36. The first kappa shape index (κ1) is 22.9. The summed E-state index contributed by atoms with van der Waals surface area (Å²) in [6.45, 7) is 9.78. The lowest BCUT2D eigenvalue weighted by molar-refractivity contribution is 0.0954. The monoisotopic (exact) mass is 421 g/mol. The lowest BCUT2D eigenvalue weighted by Crippen LogP contribution is -2.25. The molecule has 1 aliphatic rings. The van der Waals surface area contributed by atoms with E-state index in [-0.39, 0.29) is 5.91 Å². The van der Waals surface area contributed by atoms with Crippen molar-refractivity contribution < 1.29 is 14.3 Å². The standard InChI is InChI=1S/C27H35NO3/c1-5-30-25-12-11-23(27(29)28-14-13-22-9-7-6-8-10-22)17-24(25)18-31-26-16-19(2)15-20(3)21(26)4/h9,11-12,15-17H,5-8,10,13-14,18H2,1-4H3,(H,28,29). The normalized spacial score (nSPS) is 13.5. The Morgan fingerprint density at radius 1 is 1.03 bits per heavy atom. The van der Waals surface area contributed by atoms with Crippen LogP contribution in [-0.4, -0.2) is 19.1 Å². The van der Waals surface area contributed by atoms with E-state index in [9.17, 15) is 4.79 Å². The average molecular weight is 422 g/mol. The first-order valence-electron chi connectivity index (χ1n) is 11.4. The molecule has 0 fully saturated rings. The molecule has 3 rings (SSSR count). The number of benzene rings is 2. The van der Waals surface area contributed by atoms with Crippen LogP contribution < -0.4 is 14.8 Å². The van der Waals surface area contributed by atoms with Gasteiger partial charge in [-0.15, -0.1) is 0 Å². The SMILES string of the molecule is CCOc1ccc(C(=O)NCCC2=CCCCC2)cc1COc1cc(C)cc(C)c1C. The van der Waals surface area contributed by atoms with Crippen LogP contribution in [0.15, 0.2) is 42.0 Å². The number of carbonyl (C=O) groups excluding carboxylic acids is 1. The number of amides is 1. The van der Waals surface area contributed by atoms with Crippen molar-refractivity contribution in [1.82, 2.24) is 5.32 Å². The van der Waals surface area contributed by atoms with E-state index in [1.165, 1.54) is 36.0 Å². The van der Waals surface area contributed by atoms with Gasteiger partial charge in [0.2, 0.25) is 0 Å². The molecule has 0 heterocycles. The maximum atomic E-state index is 12.7. The fraction of sp³-hybridized carbons (Fsp3) is 0.444. The largest absolute Gasteiger partial charge is 0.493 e. The van der Waals surface area contributed by atoms with E-state index in [1.807, 2.05) is 25.1 Å². The Labute approximate surface area is 186 Å². The first-order chi connectivity index (χ1) is 15.0. The minimum atomic E-state index is -0.0525. The highest BCUT2D eigenvalue weighted by molar-refractivity contribution is 5.94. The fourth-order valence-corrected chi connectivity index (χ4v) is 4.01. The summed E-state index contributed by atoms with van der Waals surface area (Å²) in [6.07, 6.45) is 8.15. The van der Waals surface area contributed by atoms with Crippen LogP contribution in [0, 0.1) is 20.8 Å². The summed E-state index contributed by atoms with van der Waals surface area (Å²) >= 11 is 0. The Hall–Kier alpha value is -2.75. The van der Waals surface area contributed by atoms with Gasteiger partial charge in [0.05, 0.1) is 6.61 Å². The van der Waals surface area contributed by atoms with Gasteiger partial charge < -0.3 is 14.8 Å². The van der Waals surface area contributed by atoms with Crippen molar-refractivity contribution in [1.29, 1.82) is 0 Å². The van der Waals surface area contributed by atoms with E-state index in [0.29, 0.717) is 25.3 Å². The molecule has 0 bridgehead atoms. The van der Waals surface area contributed by atoms with Crippen LogP contribution >= 0.6 is 0 Å². The highest BCUT2D eigenvalue weighted by Crippen LogP contribution is 2.27. The van der Waals surface area contributed by atoms with E-state index >= 15 is 0 Å². The van der Waals surface area contributed by atoms with Crippen molar-refractivity contribution in [3.63, 3.8) is 0 Å². The van der Waals surface area contributed by atoms with Gasteiger partial charge in [0, 0.05) is 17.7 Å². The molecule has 2 aromatic rings. The molecule has 0 atom stereocenters. The Kier molecular flexibility index (Phi) is 8.16. The first-order valence-corrected chi connectivity index (χ1v) is 11.4. The molecule has 0 saturated heterocycles. The van der Waals surface area contributed by atoms with Crippen LogP contribution in [0.1, 0.15) is 71.6 Å². The molecule has 1 amide bonds. The number of ether oxygens (including phenoxy) is 2. The number of hydrogen-bond acceptors (Lipinski definition) is 3. The zero-order valence-electron chi connectivity index (χ0n) is 19.3. The summed E-state index contributed by atoms with van der Waals surface area (Å²) < 4.78 is 11.9. The maximum Gasteiger partial charge on any atom is 0.251 e. The third-order valence-corrected chi connectivity index (χ3v) is 5.89. The van der Waals surface area contributed by atoms with Crippen molar-refractivity contribution in [3.05, 3.63) is 69.8 Å². The van der Waals surface area contributed by atoms with Gasteiger partial charge in [-0.3, -0.25) is 4.79 Å². The topological polar surface area (TPSA) is 47.6 Å². The number of nitrogens with one attached hydrogen (secondary N) is 1. The van der Waals surface area contributed by atoms with Gasteiger partial charge in [-0.25, -0.2) is 0 Å². The summed E-state index contributed by atoms with van der Waals surface area (Å²) in [6, 6.07) is 9.79. The lowest BCUT2D eigenvalue weighted by atomic mass is 9.97. The van der Waals surface area contributed by atoms with E-state index < -0.39 is 0 Å². The lowest BCUT2D eigenvalue weighted by Gasteiger charge is -2.16. The molecule has 4 nitrogen and oxygen atoms in total. The average Bonchev–Trinajstić information content (AvgIpc) is 2.76. The van der Waals surface area contributed by atoms with Crippen LogP contribution in [-0.2, 0) is 6.61 Å². The third kappa shape index (κ3) is 6.36. The summed E-state index contributed by atoms with van der Waals surface area (Å²) in [5, 5.41) is 3.06. The fourth-order valence-electron chi connectivity index (χ4n) is 4.01.